The molecule has 2 nitrogen and oxygen atoms in total. The number of ether oxygens (including phenoxy) is 1. The van der Waals surface area contributed by atoms with E-state index in [-0.39, 0.29) is 0 Å². The van der Waals surface area contributed by atoms with Crippen LogP contribution in [0.2, 0.25) is 5.02 Å². The summed E-state index contributed by atoms with van der Waals surface area (Å²) >= 11 is 11.9. The van der Waals surface area contributed by atoms with Crippen LogP contribution < -0.4 is 0 Å². The maximum Gasteiger partial charge on any atom is 0.328 e. The van der Waals surface area contributed by atoms with E-state index in [1.807, 2.05) is 6.92 Å². The van der Waals surface area contributed by atoms with Crippen LogP contribution in [0.5, 0.6) is 0 Å². The summed E-state index contributed by atoms with van der Waals surface area (Å²) in [7, 11) is 0. The van der Waals surface area contributed by atoms with Gasteiger partial charge < -0.3 is 4.74 Å². The number of unbranched alkanes of at least 4 members (excludes halogenated alkanes) is 1. The molecule has 1 aromatic rings. The van der Waals surface area contributed by atoms with E-state index < -0.39 is 11.3 Å². The van der Waals surface area contributed by atoms with Crippen molar-refractivity contribution >= 4 is 29.2 Å². The van der Waals surface area contributed by atoms with Crippen molar-refractivity contribution in [2.24, 2.45) is 0 Å². The van der Waals surface area contributed by atoms with Crippen molar-refractivity contribution in [3.63, 3.8) is 0 Å². The first-order valence-electron chi connectivity index (χ1n) is 5.22. The number of hydrogen-bond donors (Lipinski definition) is 0. The largest absolute Gasteiger partial charge is 0.464 e. The third-order valence-electron chi connectivity index (χ3n) is 2.13. The Kier molecular flexibility index (Phi) is 5.64. The minimum Gasteiger partial charge on any atom is -0.464 e. The van der Waals surface area contributed by atoms with Gasteiger partial charge in [-0.05, 0) is 18.1 Å². The molecule has 0 aliphatic rings. The lowest BCUT2D eigenvalue weighted by Gasteiger charge is -2.11. The average Bonchev–Trinajstić information content (AvgIpc) is 2.29. The summed E-state index contributed by atoms with van der Waals surface area (Å²) < 4.78 is 5.02. The number of hydrogen-bond acceptors (Lipinski definition) is 2. The number of benzene rings is 1. The molecule has 1 aromatic carbocycles. The van der Waals surface area contributed by atoms with Gasteiger partial charge in [0.25, 0.3) is 0 Å². The second-order valence-electron chi connectivity index (χ2n) is 3.41. The highest BCUT2D eigenvalue weighted by Crippen LogP contribution is 2.28. The van der Waals surface area contributed by atoms with Crippen LogP contribution >= 0.6 is 23.2 Å². The van der Waals surface area contributed by atoms with Gasteiger partial charge >= 0.3 is 5.97 Å². The summed E-state index contributed by atoms with van der Waals surface area (Å²) in [5, 5.41) is -0.347. The fraction of sp³-hybridized carbons (Fsp3) is 0.417. The third-order valence-corrected chi connectivity index (χ3v) is 2.88. The lowest BCUT2D eigenvalue weighted by molar-refractivity contribution is -0.143. The topological polar surface area (TPSA) is 26.3 Å². The maximum absolute atomic E-state index is 11.6. The minimum atomic E-state index is -0.828. The average molecular weight is 261 g/mol. The standard InChI is InChI=1S/C12H14Cl2O2/c1-2-3-8-16-12(15)11(14)9-6-4-5-7-10(9)13/h4-7,11H,2-3,8H2,1H3/t11-/m1/s1. The van der Waals surface area contributed by atoms with E-state index in [1.54, 1.807) is 24.3 Å². The van der Waals surface area contributed by atoms with Gasteiger partial charge in [-0.15, -0.1) is 11.6 Å². The molecule has 0 saturated heterocycles. The molecule has 0 aromatic heterocycles. The molecule has 4 heteroatoms. The van der Waals surface area contributed by atoms with Crippen LogP contribution in [0, 0.1) is 0 Å². The van der Waals surface area contributed by atoms with Gasteiger partial charge in [-0.3, -0.25) is 4.79 Å². The molecule has 16 heavy (non-hydrogen) atoms. The number of carbonyl (C=O) groups excluding carboxylic acids is 1. The van der Waals surface area contributed by atoms with Crippen LogP contribution in [0.15, 0.2) is 24.3 Å². The SMILES string of the molecule is CCCCOC(=O)[C@H](Cl)c1ccccc1Cl. The Morgan fingerprint density at radius 3 is 2.75 bits per heavy atom. The van der Waals surface area contributed by atoms with E-state index in [1.165, 1.54) is 0 Å². The summed E-state index contributed by atoms with van der Waals surface area (Å²) in [4.78, 5) is 11.6. The fourth-order valence-electron chi connectivity index (χ4n) is 1.20. The van der Waals surface area contributed by atoms with E-state index in [4.69, 9.17) is 27.9 Å². The smallest absolute Gasteiger partial charge is 0.328 e. The minimum absolute atomic E-state index is 0.406. The second kappa shape index (κ2) is 6.77. The molecule has 0 N–H and O–H groups in total. The highest BCUT2D eigenvalue weighted by atomic mass is 35.5. The molecule has 1 rings (SSSR count). The Bertz CT molecular complexity index is 353. The van der Waals surface area contributed by atoms with Crippen molar-refractivity contribution in [1.29, 1.82) is 0 Å². The Morgan fingerprint density at radius 1 is 1.44 bits per heavy atom. The highest BCUT2D eigenvalue weighted by molar-refractivity contribution is 6.35. The van der Waals surface area contributed by atoms with Gasteiger partial charge in [-0.1, -0.05) is 43.1 Å². The Labute approximate surface area is 106 Å². The number of rotatable bonds is 5. The van der Waals surface area contributed by atoms with Crippen molar-refractivity contribution < 1.29 is 9.53 Å². The second-order valence-corrected chi connectivity index (χ2v) is 4.25. The monoisotopic (exact) mass is 260 g/mol. The van der Waals surface area contributed by atoms with Gasteiger partial charge in [0.05, 0.1) is 6.61 Å². The van der Waals surface area contributed by atoms with Gasteiger partial charge in [0.15, 0.2) is 5.38 Å². The fourth-order valence-corrected chi connectivity index (χ4v) is 1.75. The number of carbonyl (C=O) groups is 1. The molecule has 0 saturated carbocycles. The zero-order valence-corrected chi connectivity index (χ0v) is 10.6. The molecule has 0 fully saturated rings. The summed E-state index contributed by atoms with van der Waals surface area (Å²) in [6.07, 6.45) is 1.82. The first-order valence-corrected chi connectivity index (χ1v) is 6.03. The van der Waals surface area contributed by atoms with Gasteiger partial charge in [-0.2, -0.15) is 0 Å². The molecule has 0 radical (unpaired) electrons. The summed E-state index contributed by atoms with van der Waals surface area (Å²) in [5.41, 5.74) is 0.590. The quantitative estimate of drug-likeness (QED) is 0.455. The molecule has 88 valence electrons. The summed E-state index contributed by atoms with van der Waals surface area (Å²) in [6.45, 7) is 2.43. The first kappa shape index (κ1) is 13.3. The van der Waals surface area contributed by atoms with Crippen molar-refractivity contribution in [3.8, 4) is 0 Å². The molecule has 0 aliphatic heterocycles. The van der Waals surface area contributed by atoms with E-state index in [0.717, 1.165) is 12.8 Å². The van der Waals surface area contributed by atoms with Crippen LogP contribution in [0.1, 0.15) is 30.7 Å². The van der Waals surface area contributed by atoms with Crippen molar-refractivity contribution in [1.82, 2.24) is 0 Å². The highest BCUT2D eigenvalue weighted by Gasteiger charge is 2.21. The lowest BCUT2D eigenvalue weighted by Crippen LogP contribution is -2.12. The molecule has 0 unspecified atom stereocenters. The van der Waals surface area contributed by atoms with Crippen molar-refractivity contribution in [2.45, 2.75) is 25.1 Å². The van der Waals surface area contributed by atoms with Crippen molar-refractivity contribution in [2.75, 3.05) is 6.61 Å². The van der Waals surface area contributed by atoms with Crippen molar-refractivity contribution in [3.05, 3.63) is 34.9 Å². The van der Waals surface area contributed by atoms with Gasteiger partial charge in [0, 0.05) is 5.02 Å². The van der Waals surface area contributed by atoms with Gasteiger partial charge in [0.1, 0.15) is 0 Å². The number of esters is 1. The first-order chi connectivity index (χ1) is 7.66. The zero-order chi connectivity index (χ0) is 12.0. The van der Waals surface area contributed by atoms with Gasteiger partial charge in [-0.25, -0.2) is 0 Å². The molecule has 0 heterocycles. The predicted molar refractivity (Wildman–Crippen MR) is 65.9 cm³/mol. The van der Waals surface area contributed by atoms with E-state index in [2.05, 4.69) is 0 Å². The molecule has 1 atom stereocenters. The van der Waals surface area contributed by atoms with E-state index in [9.17, 15) is 4.79 Å². The van der Waals surface area contributed by atoms with Crippen LogP contribution in [0.4, 0.5) is 0 Å². The summed E-state index contributed by atoms with van der Waals surface area (Å²) in [5.74, 6) is -0.441. The predicted octanol–water partition coefficient (Wildman–Crippen LogP) is 3.96. The molecular weight excluding hydrogens is 247 g/mol. The normalized spacial score (nSPS) is 12.2. The Hall–Kier alpha value is -0.730. The molecule has 0 amide bonds. The van der Waals surface area contributed by atoms with Gasteiger partial charge in [0.2, 0.25) is 0 Å². The Morgan fingerprint density at radius 2 is 2.12 bits per heavy atom. The molecule has 0 aliphatic carbocycles. The van der Waals surface area contributed by atoms with E-state index >= 15 is 0 Å². The van der Waals surface area contributed by atoms with Crippen LogP contribution in [-0.4, -0.2) is 12.6 Å². The molecule has 0 bridgehead atoms. The number of alkyl halides is 1. The Balaban J connectivity index is 2.60. The maximum atomic E-state index is 11.6. The third kappa shape index (κ3) is 3.69. The molecule has 0 spiro atoms. The van der Waals surface area contributed by atoms with E-state index in [0.29, 0.717) is 17.2 Å². The zero-order valence-electron chi connectivity index (χ0n) is 9.08. The van der Waals surface area contributed by atoms with Crippen LogP contribution in [0.25, 0.3) is 0 Å². The molecular formula is C12H14Cl2O2. The summed E-state index contributed by atoms with van der Waals surface area (Å²) in [6, 6.07) is 7.00. The van der Waals surface area contributed by atoms with Crippen LogP contribution in [0.3, 0.4) is 0 Å². The lowest BCUT2D eigenvalue weighted by atomic mass is 10.1. The number of halogens is 2. The van der Waals surface area contributed by atoms with Crippen LogP contribution in [-0.2, 0) is 9.53 Å².